The van der Waals surface area contributed by atoms with Gasteiger partial charge in [0.05, 0.1) is 0 Å². The van der Waals surface area contributed by atoms with Gasteiger partial charge in [-0.3, -0.25) is 0 Å². The monoisotopic (exact) mass is 661 g/mol. The minimum Gasteiger partial charge on any atom is -0.208 e. The van der Waals surface area contributed by atoms with E-state index in [1.165, 1.54) is 60.8 Å². The molecule has 3 heteroatoms. The molecule has 7 aliphatic rings. The van der Waals surface area contributed by atoms with Crippen LogP contribution in [0.1, 0.15) is 51.0 Å². The molecule has 8 atom stereocenters. The average molecular weight is 662 g/mol. The second kappa shape index (κ2) is 11.1. The molecule has 0 N–H and O–H groups in total. The predicted molar refractivity (Wildman–Crippen MR) is 205 cm³/mol. The van der Waals surface area contributed by atoms with Gasteiger partial charge in [0.15, 0.2) is 17.5 Å². The first-order valence-electron chi connectivity index (χ1n) is 19.3. The summed E-state index contributed by atoms with van der Waals surface area (Å²) in [6.07, 6.45) is 8.82. The summed E-state index contributed by atoms with van der Waals surface area (Å²) in [6, 6.07) is 48.2. The highest BCUT2D eigenvalue weighted by Gasteiger charge is 2.75. The Morgan fingerprint density at radius 3 is 1.53 bits per heavy atom. The summed E-state index contributed by atoms with van der Waals surface area (Å²) in [6.45, 7) is 2.74. The van der Waals surface area contributed by atoms with Crippen LogP contribution in [0.25, 0.3) is 56.4 Å². The molecule has 1 aromatic heterocycles. The van der Waals surface area contributed by atoms with E-state index in [0.717, 1.165) is 52.2 Å². The lowest BCUT2D eigenvalue weighted by molar-refractivity contribution is -0.266. The van der Waals surface area contributed by atoms with E-state index < -0.39 is 0 Å². The van der Waals surface area contributed by atoms with Crippen molar-refractivity contribution in [1.82, 2.24) is 15.0 Å². The van der Waals surface area contributed by atoms with Crippen LogP contribution in [0.4, 0.5) is 0 Å². The number of hydrogen-bond acceptors (Lipinski definition) is 3. The molecule has 1 heterocycles. The summed E-state index contributed by atoms with van der Waals surface area (Å²) in [7, 11) is 0. The fourth-order valence-corrected chi connectivity index (χ4v) is 12.8. The molecule has 13 rings (SSSR count). The van der Waals surface area contributed by atoms with Crippen molar-refractivity contribution in [2.45, 2.75) is 50.9 Å². The molecule has 6 aromatic rings. The van der Waals surface area contributed by atoms with Gasteiger partial charge in [-0.1, -0.05) is 134 Å². The zero-order valence-corrected chi connectivity index (χ0v) is 29.3. The van der Waals surface area contributed by atoms with Crippen LogP contribution < -0.4 is 0 Å². The van der Waals surface area contributed by atoms with E-state index in [4.69, 9.17) is 15.0 Å². The maximum absolute atomic E-state index is 5.01. The van der Waals surface area contributed by atoms with Crippen LogP contribution in [0.2, 0.25) is 0 Å². The molecule has 51 heavy (non-hydrogen) atoms. The largest absolute Gasteiger partial charge is 0.208 e. The van der Waals surface area contributed by atoms with E-state index in [-0.39, 0.29) is 0 Å². The van der Waals surface area contributed by atoms with Gasteiger partial charge in [0.25, 0.3) is 0 Å². The third kappa shape index (κ3) is 4.33. The second-order valence-electron chi connectivity index (χ2n) is 16.8. The highest BCUT2D eigenvalue weighted by molar-refractivity contribution is 5.85. The van der Waals surface area contributed by atoms with Crippen LogP contribution in [0.5, 0.6) is 0 Å². The average Bonchev–Trinajstić information content (AvgIpc) is 3.20. The Labute approximate surface area is 301 Å². The van der Waals surface area contributed by atoms with Gasteiger partial charge in [0.1, 0.15) is 0 Å². The smallest absolute Gasteiger partial charge is 0.164 e. The first-order valence-corrected chi connectivity index (χ1v) is 19.3. The van der Waals surface area contributed by atoms with E-state index in [0.29, 0.717) is 28.3 Å². The summed E-state index contributed by atoms with van der Waals surface area (Å²) >= 11 is 0. The third-order valence-electron chi connectivity index (χ3n) is 14.5. The number of hydrogen-bond donors (Lipinski definition) is 0. The molecule has 3 nitrogen and oxygen atoms in total. The number of rotatable bonds is 6. The van der Waals surface area contributed by atoms with Crippen LogP contribution in [-0.2, 0) is 5.41 Å². The van der Waals surface area contributed by atoms with Crippen molar-refractivity contribution in [1.29, 1.82) is 0 Å². The van der Waals surface area contributed by atoms with E-state index in [1.54, 1.807) is 5.56 Å². The van der Waals surface area contributed by atoms with Gasteiger partial charge in [-0.25, -0.2) is 15.0 Å². The van der Waals surface area contributed by atoms with Crippen LogP contribution in [-0.4, -0.2) is 15.0 Å². The number of nitrogens with zero attached hydrogens (tertiary/aromatic N) is 3. The van der Waals surface area contributed by atoms with Gasteiger partial charge < -0.3 is 0 Å². The van der Waals surface area contributed by atoms with Gasteiger partial charge in [-0.05, 0) is 113 Å². The molecule has 8 bridgehead atoms. The first-order chi connectivity index (χ1) is 25.1. The Morgan fingerprint density at radius 2 is 0.922 bits per heavy atom. The Bertz CT molecular complexity index is 2210. The number of benzene rings is 5. The summed E-state index contributed by atoms with van der Waals surface area (Å²) in [5.74, 6) is 7.65. The van der Waals surface area contributed by atoms with Gasteiger partial charge in [0, 0.05) is 22.1 Å². The maximum Gasteiger partial charge on any atom is 0.164 e. The Hall–Kier alpha value is -4.89. The van der Waals surface area contributed by atoms with Crippen LogP contribution >= 0.6 is 0 Å². The zero-order chi connectivity index (χ0) is 33.7. The summed E-state index contributed by atoms with van der Waals surface area (Å²) in [5.41, 5.74) is 10.5. The van der Waals surface area contributed by atoms with E-state index in [1.807, 2.05) is 36.4 Å². The lowest BCUT2D eigenvalue weighted by Crippen LogP contribution is -2.74. The van der Waals surface area contributed by atoms with Crippen molar-refractivity contribution >= 4 is 0 Å². The Balaban J connectivity index is 1.04. The molecule has 0 saturated heterocycles. The Morgan fingerprint density at radius 1 is 0.451 bits per heavy atom. The molecule has 7 aliphatic carbocycles. The molecular formula is C48H43N3. The van der Waals surface area contributed by atoms with Gasteiger partial charge in [0.2, 0.25) is 0 Å². The minimum absolute atomic E-state index is 0.313. The van der Waals surface area contributed by atoms with Crippen molar-refractivity contribution in [3.05, 3.63) is 139 Å². The third-order valence-corrected chi connectivity index (χ3v) is 14.5. The SMILES string of the molecule is CC12CC3CC4C5CC(CC41)CC2(c1ccc(-c2ccccc2)c(-c2ccc(-c4nc(-c6ccccc6)nc(-c6ccccc6)n4)cc2)c1)C5C3. The normalized spacial score (nSPS) is 30.9. The lowest BCUT2D eigenvalue weighted by Gasteiger charge is -2.79. The summed E-state index contributed by atoms with van der Waals surface area (Å²) in [4.78, 5) is 14.9. The maximum atomic E-state index is 5.01. The van der Waals surface area contributed by atoms with E-state index >= 15 is 0 Å². The molecule has 7 saturated carbocycles. The van der Waals surface area contributed by atoms with E-state index in [2.05, 4.69) is 104 Å². The standard InChI is InChI=1S/C48H43N3/c1-47-28-30-23-40-41-24-31(25-42(40)47)29-48(47,43(41)26-30)37-21-22-38(32-11-5-2-6-12-32)39(27-37)33-17-19-36(20-18-33)46-50-44(34-13-7-3-8-14-34)49-45(51-46)35-15-9-4-10-16-35/h2-22,27,30-31,40-43H,23-26,28-29H2,1H3. The summed E-state index contributed by atoms with van der Waals surface area (Å²) in [5, 5.41) is 0. The molecule has 8 unspecified atom stereocenters. The molecule has 5 aromatic carbocycles. The van der Waals surface area contributed by atoms with Crippen LogP contribution in [0.3, 0.4) is 0 Å². The Kier molecular flexibility index (Phi) is 6.46. The second-order valence-corrected chi connectivity index (χ2v) is 16.8. The molecule has 0 amide bonds. The molecular weight excluding hydrogens is 619 g/mol. The predicted octanol–water partition coefficient (Wildman–Crippen LogP) is 11.6. The fraction of sp³-hybridized carbons (Fsp3) is 0.312. The molecule has 0 radical (unpaired) electrons. The van der Waals surface area contributed by atoms with Gasteiger partial charge in [-0.15, -0.1) is 0 Å². The van der Waals surface area contributed by atoms with Crippen LogP contribution in [0, 0.1) is 40.9 Å². The van der Waals surface area contributed by atoms with Crippen molar-refractivity contribution in [3.8, 4) is 56.4 Å². The quantitative estimate of drug-likeness (QED) is 0.178. The van der Waals surface area contributed by atoms with Crippen molar-refractivity contribution in [2.24, 2.45) is 40.9 Å². The lowest BCUT2D eigenvalue weighted by atomic mass is 9.25. The molecule has 0 spiro atoms. The first kappa shape index (κ1) is 29.8. The topological polar surface area (TPSA) is 38.7 Å². The summed E-state index contributed by atoms with van der Waals surface area (Å²) < 4.78 is 0. The zero-order valence-electron chi connectivity index (χ0n) is 29.3. The van der Waals surface area contributed by atoms with Gasteiger partial charge in [-0.2, -0.15) is 0 Å². The van der Waals surface area contributed by atoms with Crippen molar-refractivity contribution < 1.29 is 0 Å². The van der Waals surface area contributed by atoms with Crippen molar-refractivity contribution in [3.63, 3.8) is 0 Å². The molecule has 0 aliphatic heterocycles. The van der Waals surface area contributed by atoms with E-state index in [9.17, 15) is 0 Å². The van der Waals surface area contributed by atoms with Crippen LogP contribution in [0.15, 0.2) is 133 Å². The minimum atomic E-state index is 0.313. The van der Waals surface area contributed by atoms with Gasteiger partial charge >= 0.3 is 0 Å². The number of aromatic nitrogens is 3. The fourth-order valence-electron chi connectivity index (χ4n) is 12.8. The molecule has 250 valence electrons. The molecule has 7 fully saturated rings. The highest BCUT2D eigenvalue weighted by atomic mass is 15.0. The van der Waals surface area contributed by atoms with Crippen molar-refractivity contribution in [2.75, 3.05) is 0 Å². The highest BCUT2D eigenvalue weighted by Crippen LogP contribution is 2.80.